The van der Waals surface area contributed by atoms with Crippen molar-refractivity contribution in [2.45, 2.75) is 6.92 Å². The lowest BCUT2D eigenvalue weighted by molar-refractivity contribution is -0.149. The van der Waals surface area contributed by atoms with E-state index in [9.17, 15) is 14.4 Å². The van der Waals surface area contributed by atoms with E-state index in [-0.39, 0.29) is 37.2 Å². The van der Waals surface area contributed by atoms with Crippen LogP contribution in [0.4, 0.5) is 0 Å². The molecule has 2 rings (SSSR count). The van der Waals surface area contributed by atoms with Gasteiger partial charge >= 0.3 is 0 Å². The largest absolute Gasteiger partial charge is 0.497 e. The fourth-order valence-electron chi connectivity index (χ4n) is 2.20. The van der Waals surface area contributed by atoms with Crippen molar-refractivity contribution in [3.63, 3.8) is 0 Å². The number of benzene rings is 1. The number of ether oxygens (including phenoxy) is 1. The molecule has 0 radical (unpaired) electrons. The predicted octanol–water partition coefficient (Wildman–Crippen LogP) is 0.569. The molecule has 1 fully saturated rings. The van der Waals surface area contributed by atoms with Crippen molar-refractivity contribution in [3.05, 3.63) is 29.8 Å². The fraction of sp³-hybridized carbons (Fsp3) is 0.400. The summed E-state index contributed by atoms with van der Waals surface area (Å²) in [6, 6.07) is 6.75. The zero-order chi connectivity index (χ0) is 15.4. The van der Waals surface area contributed by atoms with E-state index in [1.165, 1.54) is 16.9 Å². The average Bonchev–Trinajstić information content (AvgIpc) is 2.50. The molecule has 0 unspecified atom stereocenters. The van der Waals surface area contributed by atoms with Crippen LogP contribution in [0.25, 0.3) is 0 Å². The van der Waals surface area contributed by atoms with Crippen molar-refractivity contribution in [2.24, 2.45) is 0 Å². The Labute approximate surface area is 123 Å². The van der Waals surface area contributed by atoms with Crippen LogP contribution in [0.15, 0.2) is 24.3 Å². The molecule has 1 aliphatic heterocycles. The third-order valence-electron chi connectivity index (χ3n) is 3.47. The fourth-order valence-corrected chi connectivity index (χ4v) is 2.20. The minimum atomic E-state index is -0.208. The Morgan fingerprint density at radius 1 is 1.19 bits per heavy atom. The smallest absolute Gasteiger partial charge is 0.243 e. The summed E-state index contributed by atoms with van der Waals surface area (Å²) in [4.78, 5) is 38.7. The van der Waals surface area contributed by atoms with E-state index in [1.54, 1.807) is 24.3 Å². The lowest BCUT2D eigenvalue weighted by atomic mass is 10.1. The first-order valence-corrected chi connectivity index (χ1v) is 6.78. The molecule has 0 aromatic heterocycles. The average molecular weight is 290 g/mol. The normalized spacial score (nSPS) is 15.3. The van der Waals surface area contributed by atoms with Gasteiger partial charge in [-0.15, -0.1) is 0 Å². The van der Waals surface area contributed by atoms with Crippen LogP contribution in [0, 0.1) is 0 Å². The van der Waals surface area contributed by atoms with Crippen molar-refractivity contribution in [2.75, 3.05) is 33.3 Å². The minimum absolute atomic E-state index is 0.0393. The highest BCUT2D eigenvalue weighted by atomic mass is 16.5. The molecule has 1 aromatic rings. The SMILES string of the molecule is CCN1CC(=O)N(CC(=O)c2cccc(OC)c2)CC1=O. The second kappa shape index (κ2) is 6.39. The van der Waals surface area contributed by atoms with Gasteiger partial charge in [0.1, 0.15) is 12.3 Å². The monoisotopic (exact) mass is 290 g/mol. The number of hydrogen-bond donors (Lipinski definition) is 0. The van der Waals surface area contributed by atoms with Crippen LogP contribution in [0.5, 0.6) is 5.75 Å². The van der Waals surface area contributed by atoms with E-state index in [0.29, 0.717) is 17.9 Å². The first kappa shape index (κ1) is 15.0. The molecule has 0 saturated carbocycles. The van der Waals surface area contributed by atoms with Crippen molar-refractivity contribution in [3.8, 4) is 5.75 Å². The molecule has 1 aliphatic rings. The second-order valence-electron chi connectivity index (χ2n) is 4.81. The number of hydrogen-bond acceptors (Lipinski definition) is 4. The Kier molecular flexibility index (Phi) is 4.57. The molecule has 112 valence electrons. The molecule has 2 amide bonds. The number of methoxy groups -OCH3 is 1. The second-order valence-corrected chi connectivity index (χ2v) is 4.81. The first-order chi connectivity index (χ1) is 10.0. The van der Waals surface area contributed by atoms with E-state index in [2.05, 4.69) is 0 Å². The molecule has 0 N–H and O–H groups in total. The molecule has 6 nitrogen and oxygen atoms in total. The van der Waals surface area contributed by atoms with Crippen molar-refractivity contribution in [1.29, 1.82) is 0 Å². The summed E-state index contributed by atoms with van der Waals surface area (Å²) in [6.07, 6.45) is 0. The highest BCUT2D eigenvalue weighted by molar-refractivity contribution is 6.01. The van der Waals surface area contributed by atoms with Gasteiger partial charge in [0.05, 0.1) is 20.2 Å². The van der Waals surface area contributed by atoms with E-state index < -0.39 is 0 Å². The number of Topliss-reactive ketones (excluding diaryl/α,β-unsaturated/α-hetero) is 1. The van der Waals surface area contributed by atoms with Gasteiger partial charge in [0.15, 0.2) is 5.78 Å². The first-order valence-electron chi connectivity index (χ1n) is 6.78. The number of carbonyl (C=O) groups is 3. The van der Waals surface area contributed by atoms with Crippen LogP contribution in [-0.4, -0.2) is 60.7 Å². The van der Waals surface area contributed by atoms with Gasteiger partial charge in [-0.05, 0) is 19.1 Å². The van der Waals surface area contributed by atoms with Crippen LogP contribution < -0.4 is 4.74 Å². The third kappa shape index (κ3) is 3.39. The van der Waals surface area contributed by atoms with Gasteiger partial charge in [-0.1, -0.05) is 12.1 Å². The summed E-state index contributed by atoms with van der Waals surface area (Å²) in [6.45, 7) is 2.24. The van der Waals surface area contributed by atoms with Crippen molar-refractivity contribution >= 4 is 17.6 Å². The van der Waals surface area contributed by atoms with Gasteiger partial charge in [0.2, 0.25) is 11.8 Å². The van der Waals surface area contributed by atoms with E-state index in [1.807, 2.05) is 6.92 Å². The Morgan fingerprint density at radius 2 is 1.86 bits per heavy atom. The maximum absolute atomic E-state index is 12.2. The summed E-state index contributed by atoms with van der Waals surface area (Å²) in [7, 11) is 1.52. The van der Waals surface area contributed by atoms with Gasteiger partial charge in [0.25, 0.3) is 0 Å². The van der Waals surface area contributed by atoms with E-state index in [4.69, 9.17) is 4.74 Å². The molecular formula is C15H18N2O4. The summed E-state index contributed by atoms with van der Waals surface area (Å²) in [5.74, 6) is 0.0438. The molecule has 6 heteroatoms. The zero-order valence-electron chi connectivity index (χ0n) is 12.2. The van der Waals surface area contributed by atoms with Gasteiger partial charge in [-0.25, -0.2) is 0 Å². The number of rotatable bonds is 5. The van der Waals surface area contributed by atoms with Crippen LogP contribution in [-0.2, 0) is 9.59 Å². The number of carbonyl (C=O) groups excluding carboxylic acids is 3. The van der Waals surface area contributed by atoms with Crippen molar-refractivity contribution < 1.29 is 19.1 Å². The quantitative estimate of drug-likeness (QED) is 0.744. The maximum atomic E-state index is 12.2. The molecule has 21 heavy (non-hydrogen) atoms. The standard InChI is InChI=1S/C15H18N2O4/c1-3-16-9-15(20)17(10-14(16)19)8-13(18)11-5-4-6-12(7-11)21-2/h4-7H,3,8-10H2,1-2H3. The molecule has 0 aliphatic carbocycles. The van der Waals surface area contributed by atoms with Crippen LogP contribution >= 0.6 is 0 Å². The Morgan fingerprint density at radius 3 is 2.52 bits per heavy atom. The van der Waals surface area contributed by atoms with Gasteiger partial charge in [-0.2, -0.15) is 0 Å². The Hall–Kier alpha value is -2.37. The molecular weight excluding hydrogens is 272 g/mol. The minimum Gasteiger partial charge on any atom is -0.497 e. The summed E-state index contributed by atoms with van der Waals surface area (Å²) < 4.78 is 5.07. The lowest BCUT2D eigenvalue weighted by Crippen LogP contribution is -2.54. The number of ketones is 1. The van der Waals surface area contributed by atoms with Crippen LogP contribution in [0.2, 0.25) is 0 Å². The number of likely N-dealkylation sites (N-methyl/N-ethyl adjacent to an activating group) is 1. The highest BCUT2D eigenvalue weighted by Crippen LogP contribution is 2.14. The molecule has 0 atom stereocenters. The topological polar surface area (TPSA) is 66.9 Å². The van der Waals surface area contributed by atoms with E-state index >= 15 is 0 Å². The summed E-state index contributed by atoms with van der Waals surface area (Å²) >= 11 is 0. The molecule has 0 spiro atoms. The number of nitrogens with zero attached hydrogens (tertiary/aromatic N) is 2. The predicted molar refractivity (Wildman–Crippen MR) is 76.2 cm³/mol. The lowest BCUT2D eigenvalue weighted by Gasteiger charge is -2.32. The Balaban J connectivity index is 2.05. The number of piperazine rings is 1. The van der Waals surface area contributed by atoms with Gasteiger partial charge < -0.3 is 14.5 Å². The van der Waals surface area contributed by atoms with Gasteiger partial charge in [0, 0.05) is 12.1 Å². The number of amides is 2. The molecule has 1 heterocycles. The van der Waals surface area contributed by atoms with Crippen molar-refractivity contribution in [1.82, 2.24) is 9.80 Å². The van der Waals surface area contributed by atoms with Crippen LogP contribution in [0.1, 0.15) is 17.3 Å². The van der Waals surface area contributed by atoms with Gasteiger partial charge in [-0.3, -0.25) is 14.4 Å². The molecule has 1 aromatic carbocycles. The summed E-state index contributed by atoms with van der Waals surface area (Å²) in [5, 5.41) is 0. The van der Waals surface area contributed by atoms with Crippen LogP contribution in [0.3, 0.4) is 0 Å². The molecule has 0 bridgehead atoms. The summed E-state index contributed by atoms with van der Waals surface area (Å²) in [5.41, 5.74) is 0.465. The zero-order valence-corrected chi connectivity index (χ0v) is 12.2. The maximum Gasteiger partial charge on any atom is 0.243 e. The van der Waals surface area contributed by atoms with E-state index in [0.717, 1.165) is 0 Å². The molecule has 1 saturated heterocycles. The highest BCUT2D eigenvalue weighted by Gasteiger charge is 2.30. The Bertz CT molecular complexity index is 571. The third-order valence-corrected chi connectivity index (χ3v) is 3.47.